The van der Waals surface area contributed by atoms with Gasteiger partial charge in [-0.15, -0.1) is 0 Å². The molecule has 0 aromatic heterocycles. The van der Waals surface area contributed by atoms with E-state index in [1.807, 2.05) is 35.2 Å². The first-order chi connectivity index (χ1) is 9.67. The molecular formula is C15H19N3O2. The molecule has 106 valence electrons. The Bertz CT molecular complexity index is 507. The molecule has 0 bridgehead atoms. The van der Waals surface area contributed by atoms with E-state index in [-0.39, 0.29) is 17.4 Å². The molecule has 5 heteroatoms. The van der Waals surface area contributed by atoms with Gasteiger partial charge in [-0.3, -0.25) is 4.79 Å². The first-order valence-corrected chi connectivity index (χ1v) is 7.05. The molecule has 0 radical (unpaired) electrons. The van der Waals surface area contributed by atoms with Gasteiger partial charge in [0, 0.05) is 31.7 Å². The summed E-state index contributed by atoms with van der Waals surface area (Å²) in [6, 6.07) is 9.42. The minimum absolute atomic E-state index is 0.0525. The number of para-hydroxylation sites is 1. The van der Waals surface area contributed by atoms with Gasteiger partial charge in [0.15, 0.2) is 0 Å². The fourth-order valence-corrected chi connectivity index (χ4v) is 3.01. The predicted molar refractivity (Wildman–Crippen MR) is 76.3 cm³/mol. The summed E-state index contributed by atoms with van der Waals surface area (Å²) in [5.74, 6) is 0.146. The van der Waals surface area contributed by atoms with Crippen molar-refractivity contribution in [2.45, 2.75) is 19.3 Å². The van der Waals surface area contributed by atoms with Gasteiger partial charge in [0.2, 0.25) is 5.91 Å². The third kappa shape index (κ3) is 2.61. The van der Waals surface area contributed by atoms with Crippen molar-refractivity contribution < 1.29 is 9.59 Å². The molecule has 3 rings (SSSR count). The minimum atomic E-state index is -0.0525. The maximum absolute atomic E-state index is 12.2. The molecule has 2 N–H and O–H groups in total. The molecule has 2 heterocycles. The van der Waals surface area contributed by atoms with Crippen LogP contribution >= 0.6 is 0 Å². The maximum atomic E-state index is 12.2. The molecule has 1 aromatic rings. The number of hydrogen-bond acceptors (Lipinski definition) is 2. The third-order valence-corrected chi connectivity index (χ3v) is 4.33. The zero-order valence-electron chi connectivity index (χ0n) is 11.4. The number of benzene rings is 1. The average Bonchev–Trinajstić information content (AvgIpc) is 2.81. The van der Waals surface area contributed by atoms with Gasteiger partial charge in [-0.25, -0.2) is 4.79 Å². The van der Waals surface area contributed by atoms with Crippen molar-refractivity contribution in [1.29, 1.82) is 0 Å². The van der Waals surface area contributed by atoms with E-state index >= 15 is 0 Å². The number of nitrogens with one attached hydrogen (secondary N) is 2. The lowest BCUT2D eigenvalue weighted by molar-refractivity contribution is -0.119. The smallest absolute Gasteiger partial charge is 0.321 e. The van der Waals surface area contributed by atoms with Crippen LogP contribution in [0.1, 0.15) is 19.3 Å². The molecule has 1 spiro atoms. The normalized spacial score (nSPS) is 20.8. The van der Waals surface area contributed by atoms with Crippen LogP contribution < -0.4 is 10.6 Å². The predicted octanol–water partition coefficient (Wildman–Crippen LogP) is 1.82. The maximum Gasteiger partial charge on any atom is 0.321 e. The van der Waals surface area contributed by atoms with E-state index in [0.29, 0.717) is 19.5 Å². The number of rotatable bonds is 1. The molecule has 2 fully saturated rings. The molecule has 20 heavy (non-hydrogen) atoms. The second kappa shape index (κ2) is 5.15. The molecule has 0 saturated carbocycles. The molecule has 2 aliphatic heterocycles. The largest absolute Gasteiger partial charge is 0.356 e. The number of amides is 3. The minimum Gasteiger partial charge on any atom is -0.356 e. The second-order valence-electron chi connectivity index (χ2n) is 5.74. The van der Waals surface area contributed by atoms with Crippen LogP contribution in [0.2, 0.25) is 0 Å². The first kappa shape index (κ1) is 13.0. The van der Waals surface area contributed by atoms with Gasteiger partial charge in [0.05, 0.1) is 0 Å². The van der Waals surface area contributed by atoms with Gasteiger partial charge in [-0.05, 0) is 30.4 Å². The molecule has 0 atom stereocenters. The zero-order chi connectivity index (χ0) is 14.0. The Morgan fingerprint density at radius 1 is 1.20 bits per heavy atom. The summed E-state index contributed by atoms with van der Waals surface area (Å²) in [6.45, 7) is 2.20. The number of carbonyl (C=O) groups excluding carboxylic acids is 2. The standard InChI is InChI=1S/C15H19N3O2/c19-13-10-15(11-16-13)6-8-18(9-7-15)14(20)17-12-4-2-1-3-5-12/h1-5H,6-11H2,(H,16,19)(H,17,20). The van der Waals surface area contributed by atoms with Crippen LogP contribution in [0.5, 0.6) is 0 Å². The van der Waals surface area contributed by atoms with Crippen LogP contribution in [0.4, 0.5) is 10.5 Å². The van der Waals surface area contributed by atoms with Crippen molar-refractivity contribution in [1.82, 2.24) is 10.2 Å². The molecular weight excluding hydrogens is 254 g/mol. The highest BCUT2D eigenvalue weighted by Gasteiger charge is 2.41. The topological polar surface area (TPSA) is 61.4 Å². The van der Waals surface area contributed by atoms with Crippen LogP contribution in [-0.2, 0) is 4.79 Å². The fourth-order valence-electron chi connectivity index (χ4n) is 3.01. The van der Waals surface area contributed by atoms with E-state index in [1.54, 1.807) is 0 Å². The highest BCUT2D eigenvalue weighted by molar-refractivity contribution is 5.89. The lowest BCUT2D eigenvalue weighted by Crippen LogP contribution is -2.45. The fraction of sp³-hybridized carbons (Fsp3) is 0.467. The summed E-state index contributed by atoms with van der Waals surface area (Å²) in [7, 11) is 0. The summed E-state index contributed by atoms with van der Waals surface area (Å²) < 4.78 is 0. The quantitative estimate of drug-likeness (QED) is 0.820. The number of hydrogen-bond donors (Lipinski definition) is 2. The van der Waals surface area contributed by atoms with Crippen molar-refractivity contribution in [3.8, 4) is 0 Å². The summed E-state index contributed by atoms with van der Waals surface area (Å²) in [5, 5.41) is 5.81. The van der Waals surface area contributed by atoms with Crippen LogP contribution in [-0.4, -0.2) is 36.5 Å². The van der Waals surface area contributed by atoms with Crippen LogP contribution in [0.25, 0.3) is 0 Å². The summed E-state index contributed by atoms with van der Waals surface area (Å²) in [4.78, 5) is 25.4. The third-order valence-electron chi connectivity index (χ3n) is 4.33. The highest BCUT2D eigenvalue weighted by atomic mass is 16.2. The molecule has 0 aliphatic carbocycles. The molecule has 5 nitrogen and oxygen atoms in total. The Kier molecular flexibility index (Phi) is 3.34. The van der Waals surface area contributed by atoms with Gasteiger partial charge in [0.25, 0.3) is 0 Å². The van der Waals surface area contributed by atoms with Crippen LogP contribution in [0, 0.1) is 5.41 Å². The lowest BCUT2D eigenvalue weighted by atomic mass is 9.78. The van der Waals surface area contributed by atoms with E-state index in [0.717, 1.165) is 25.1 Å². The summed E-state index contributed by atoms with van der Waals surface area (Å²) >= 11 is 0. The molecule has 0 unspecified atom stereocenters. The Labute approximate surface area is 118 Å². The number of urea groups is 1. The molecule has 2 saturated heterocycles. The highest BCUT2D eigenvalue weighted by Crippen LogP contribution is 2.37. The SMILES string of the molecule is O=C1CC2(CCN(C(=O)Nc3ccccc3)CC2)CN1. The van der Waals surface area contributed by atoms with Crippen molar-refractivity contribution in [2.24, 2.45) is 5.41 Å². The number of piperidine rings is 1. The second-order valence-corrected chi connectivity index (χ2v) is 5.74. The van der Waals surface area contributed by atoms with E-state index in [4.69, 9.17) is 0 Å². The number of carbonyl (C=O) groups is 2. The molecule has 2 aliphatic rings. The van der Waals surface area contributed by atoms with E-state index < -0.39 is 0 Å². The summed E-state index contributed by atoms with van der Waals surface area (Å²) in [5.41, 5.74) is 0.899. The van der Waals surface area contributed by atoms with Gasteiger partial charge in [-0.1, -0.05) is 18.2 Å². The van der Waals surface area contributed by atoms with Crippen molar-refractivity contribution in [3.63, 3.8) is 0 Å². The van der Waals surface area contributed by atoms with Gasteiger partial charge < -0.3 is 15.5 Å². The molecule has 1 aromatic carbocycles. The first-order valence-electron chi connectivity index (χ1n) is 7.05. The van der Waals surface area contributed by atoms with Gasteiger partial charge in [0.1, 0.15) is 0 Å². The monoisotopic (exact) mass is 273 g/mol. The Balaban J connectivity index is 1.55. The van der Waals surface area contributed by atoms with Crippen molar-refractivity contribution in [3.05, 3.63) is 30.3 Å². The Hall–Kier alpha value is -2.04. The number of likely N-dealkylation sites (tertiary alicyclic amines) is 1. The van der Waals surface area contributed by atoms with Crippen molar-refractivity contribution in [2.75, 3.05) is 25.0 Å². The van der Waals surface area contributed by atoms with Gasteiger partial charge >= 0.3 is 6.03 Å². The lowest BCUT2D eigenvalue weighted by Gasteiger charge is -2.38. The van der Waals surface area contributed by atoms with E-state index in [9.17, 15) is 9.59 Å². The van der Waals surface area contributed by atoms with Gasteiger partial charge in [-0.2, -0.15) is 0 Å². The summed E-state index contributed by atoms with van der Waals surface area (Å²) in [6.07, 6.45) is 2.41. The van der Waals surface area contributed by atoms with Crippen molar-refractivity contribution >= 4 is 17.6 Å². The Morgan fingerprint density at radius 3 is 2.50 bits per heavy atom. The average molecular weight is 273 g/mol. The Morgan fingerprint density at radius 2 is 1.90 bits per heavy atom. The number of nitrogens with zero attached hydrogens (tertiary/aromatic N) is 1. The van der Waals surface area contributed by atoms with E-state index in [1.165, 1.54) is 0 Å². The van der Waals surface area contributed by atoms with Crippen LogP contribution in [0.15, 0.2) is 30.3 Å². The van der Waals surface area contributed by atoms with Crippen LogP contribution in [0.3, 0.4) is 0 Å². The molecule has 3 amide bonds. The zero-order valence-corrected chi connectivity index (χ0v) is 11.4. The van der Waals surface area contributed by atoms with E-state index in [2.05, 4.69) is 10.6 Å². The number of anilines is 1.